The Labute approximate surface area is 143 Å². The Morgan fingerprint density at radius 1 is 1.54 bits per heavy atom. The molecule has 3 rings (SSSR count). The molecule has 0 fully saturated rings. The number of thiophene rings is 1. The van der Waals surface area contributed by atoms with E-state index in [9.17, 15) is 10.1 Å². The van der Waals surface area contributed by atoms with Crippen molar-refractivity contribution in [1.82, 2.24) is 10.3 Å². The highest BCUT2D eigenvalue weighted by Crippen LogP contribution is 2.35. The van der Waals surface area contributed by atoms with E-state index in [1.807, 2.05) is 6.07 Å². The van der Waals surface area contributed by atoms with Gasteiger partial charge in [-0.2, -0.15) is 5.26 Å². The van der Waals surface area contributed by atoms with Crippen LogP contribution in [-0.4, -0.2) is 24.0 Å². The second kappa shape index (κ2) is 6.61. The highest BCUT2D eigenvalue weighted by atomic mass is 32.1. The van der Waals surface area contributed by atoms with Crippen molar-refractivity contribution in [2.45, 2.75) is 13.0 Å². The SMILES string of the molecule is C#CCNC(=O)c1ccc(N2CCc3c(sc(N)c3C#N)C2)nc1. The molecule has 0 radical (unpaired) electrons. The van der Waals surface area contributed by atoms with Gasteiger partial charge in [0.05, 0.1) is 24.2 Å². The maximum Gasteiger partial charge on any atom is 0.253 e. The molecule has 7 heteroatoms. The Morgan fingerprint density at radius 3 is 3.04 bits per heavy atom. The Kier molecular flexibility index (Phi) is 4.37. The van der Waals surface area contributed by atoms with E-state index in [4.69, 9.17) is 12.2 Å². The zero-order chi connectivity index (χ0) is 17.1. The molecule has 120 valence electrons. The number of anilines is 2. The van der Waals surface area contributed by atoms with Crippen LogP contribution in [0.15, 0.2) is 18.3 Å². The van der Waals surface area contributed by atoms with Gasteiger partial charge in [0.25, 0.3) is 5.91 Å². The van der Waals surface area contributed by atoms with Crippen LogP contribution < -0.4 is 16.0 Å². The van der Waals surface area contributed by atoms with Gasteiger partial charge in [-0.1, -0.05) is 5.92 Å². The molecule has 0 atom stereocenters. The van der Waals surface area contributed by atoms with Crippen LogP contribution in [0.5, 0.6) is 0 Å². The number of rotatable bonds is 3. The van der Waals surface area contributed by atoms with Crippen LogP contribution in [0, 0.1) is 23.7 Å². The smallest absolute Gasteiger partial charge is 0.253 e. The quantitative estimate of drug-likeness (QED) is 0.828. The van der Waals surface area contributed by atoms with Gasteiger partial charge in [0.2, 0.25) is 0 Å². The van der Waals surface area contributed by atoms with Gasteiger partial charge in [-0.25, -0.2) is 4.98 Å². The Balaban J connectivity index is 1.75. The minimum absolute atomic E-state index is 0.191. The van der Waals surface area contributed by atoms with E-state index in [-0.39, 0.29) is 12.5 Å². The summed E-state index contributed by atoms with van der Waals surface area (Å²) in [5.41, 5.74) is 8.05. The predicted octanol–water partition coefficient (Wildman–Crippen LogP) is 1.52. The lowest BCUT2D eigenvalue weighted by Crippen LogP contribution is -2.30. The Bertz CT molecular complexity index is 857. The van der Waals surface area contributed by atoms with Gasteiger partial charge >= 0.3 is 0 Å². The second-order valence-electron chi connectivity index (χ2n) is 5.32. The molecule has 1 amide bonds. The van der Waals surface area contributed by atoms with Crippen molar-refractivity contribution in [2.24, 2.45) is 0 Å². The van der Waals surface area contributed by atoms with E-state index in [2.05, 4.69) is 27.2 Å². The van der Waals surface area contributed by atoms with Crippen LogP contribution in [0.25, 0.3) is 0 Å². The van der Waals surface area contributed by atoms with Crippen LogP contribution in [0.4, 0.5) is 10.8 Å². The fourth-order valence-electron chi connectivity index (χ4n) is 2.68. The number of pyridine rings is 1. The number of amides is 1. The molecule has 0 unspecified atom stereocenters. The summed E-state index contributed by atoms with van der Waals surface area (Å²) in [4.78, 5) is 19.4. The third kappa shape index (κ3) is 2.90. The summed E-state index contributed by atoms with van der Waals surface area (Å²) in [7, 11) is 0. The highest BCUT2D eigenvalue weighted by Gasteiger charge is 2.24. The molecule has 6 nitrogen and oxygen atoms in total. The number of hydrogen-bond donors (Lipinski definition) is 2. The van der Waals surface area contributed by atoms with Crippen LogP contribution in [0.1, 0.15) is 26.4 Å². The lowest BCUT2D eigenvalue weighted by Gasteiger charge is -2.28. The van der Waals surface area contributed by atoms with E-state index < -0.39 is 0 Å². The molecule has 1 aliphatic heterocycles. The van der Waals surface area contributed by atoms with Gasteiger partial charge in [-0.05, 0) is 24.1 Å². The number of carbonyl (C=O) groups is 1. The number of terminal acetylenes is 1. The number of nitrogens with zero attached hydrogens (tertiary/aromatic N) is 3. The molecule has 3 N–H and O–H groups in total. The van der Waals surface area contributed by atoms with Crippen LogP contribution in [0.2, 0.25) is 0 Å². The second-order valence-corrected chi connectivity index (χ2v) is 6.46. The van der Waals surface area contributed by atoms with E-state index in [1.54, 1.807) is 12.3 Å². The van der Waals surface area contributed by atoms with Crippen molar-refractivity contribution in [3.05, 3.63) is 39.9 Å². The molecule has 0 bridgehead atoms. The fraction of sp³-hybridized carbons (Fsp3) is 0.235. The zero-order valence-corrected chi connectivity index (χ0v) is 13.7. The standard InChI is InChI=1S/C17H15N5OS/c1-2-6-20-17(23)11-3-4-15(21-9-11)22-7-5-12-13(8-18)16(19)24-14(12)10-22/h1,3-4,9H,5-7,10,19H2,(H,20,23). The predicted molar refractivity (Wildman–Crippen MR) is 93.6 cm³/mol. The summed E-state index contributed by atoms with van der Waals surface area (Å²) in [5.74, 6) is 2.91. The maximum atomic E-state index is 11.8. The van der Waals surface area contributed by atoms with Crippen molar-refractivity contribution >= 4 is 28.1 Å². The van der Waals surface area contributed by atoms with E-state index in [0.717, 1.165) is 29.2 Å². The van der Waals surface area contributed by atoms with Gasteiger partial charge in [-0.3, -0.25) is 4.79 Å². The normalized spacial score (nSPS) is 12.8. The lowest BCUT2D eigenvalue weighted by atomic mass is 10.0. The average Bonchev–Trinajstić information content (AvgIpc) is 2.93. The van der Waals surface area contributed by atoms with Gasteiger partial charge in [0.1, 0.15) is 16.9 Å². The van der Waals surface area contributed by atoms with Crippen molar-refractivity contribution in [3.63, 3.8) is 0 Å². The molecular formula is C17H15N5OS. The first-order valence-electron chi connectivity index (χ1n) is 7.36. The largest absolute Gasteiger partial charge is 0.389 e. The average molecular weight is 337 g/mol. The van der Waals surface area contributed by atoms with Crippen molar-refractivity contribution in [3.8, 4) is 18.4 Å². The molecular weight excluding hydrogens is 322 g/mol. The number of fused-ring (bicyclic) bond motifs is 1. The summed E-state index contributed by atoms with van der Waals surface area (Å²) in [6.07, 6.45) is 7.43. The first-order valence-corrected chi connectivity index (χ1v) is 8.18. The third-order valence-corrected chi connectivity index (χ3v) is 4.93. The van der Waals surface area contributed by atoms with Crippen molar-refractivity contribution in [1.29, 1.82) is 5.26 Å². The highest BCUT2D eigenvalue weighted by molar-refractivity contribution is 7.16. The Morgan fingerprint density at radius 2 is 2.38 bits per heavy atom. The molecule has 0 saturated carbocycles. The van der Waals surface area contributed by atoms with Crippen LogP contribution >= 0.6 is 11.3 Å². The van der Waals surface area contributed by atoms with Gasteiger partial charge < -0.3 is 16.0 Å². The maximum absolute atomic E-state index is 11.8. The fourth-order valence-corrected chi connectivity index (χ4v) is 3.77. The zero-order valence-electron chi connectivity index (χ0n) is 12.9. The van der Waals surface area contributed by atoms with Crippen LogP contribution in [0.3, 0.4) is 0 Å². The molecule has 0 aliphatic carbocycles. The summed E-state index contributed by atoms with van der Waals surface area (Å²) in [6, 6.07) is 5.73. The first-order chi connectivity index (χ1) is 11.6. The number of hydrogen-bond acceptors (Lipinski definition) is 6. The Hall–Kier alpha value is -3.03. The number of aromatic nitrogens is 1. The molecule has 1 aliphatic rings. The van der Waals surface area contributed by atoms with Gasteiger partial charge in [0.15, 0.2) is 0 Å². The van der Waals surface area contributed by atoms with E-state index in [0.29, 0.717) is 22.7 Å². The minimum Gasteiger partial charge on any atom is -0.389 e. The monoisotopic (exact) mass is 337 g/mol. The number of nitriles is 1. The molecule has 2 aromatic rings. The topological polar surface area (TPSA) is 95.0 Å². The van der Waals surface area contributed by atoms with Crippen LogP contribution in [-0.2, 0) is 13.0 Å². The molecule has 0 saturated heterocycles. The molecule has 3 heterocycles. The van der Waals surface area contributed by atoms with Gasteiger partial charge in [-0.15, -0.1) is 17.8 Å². The van der Waals surface area contributed by atoms with E-state index in [1.165, 1.54) is 11.3 Å². The van der Waals surface area contributed by atoms with Crippen molar-refractivity contribution < 1.29 is 4.79 Å². The number of carbonyl (C=O) groups excluding carboxylic acids is 1. The molecule has 0 aromatic carbocycles. The van der Waals surface area contributed by atoms with Gasteiger partial charge in [0, 0.05) is 17.6 Å². The number of nitrogen functional groups attached to an aromatic ring is 1. The minimum atomic E-state index is -0.238. The number of nitrogens with one attached hydrogen (secondary N) is 1. The summed E-state index contributed by atoms with van der Waals surface area (Å²) >= 11 is 1.46. The lowest BCUT2D eigenvalue weighted by molar-refractivity contribution is 0.0958. The molecule has 24 heavy (non-hydrogen) atoms. The number of nitrogens with two attached hydrogens (primary N) is 1. The van der Waals surface area contributed by atoms with Crippen molar-refractivity contribution in [2.75, 3.05) is 23.7 Å². The van der Waals surface area contributed by atoms with E-state index >= 15 is 0 Å². The first kappa shape index (κ1) is 15.9. The summed E-state index contributed by atoms with van der Waals surface area (Å²) in [5, 5.41) is 12.4. The molecule has 2 aromatic heterocycles. The summed E-state index contributed by atoms with van der Waals surface area (Å²) in [6.45, 7) is 1.62. The molecule has 0 spiro atoms. The third-order valence-electron chi connectivity index (χ3n) is 3.88. The summed E-state index contributed by atoms with van der Waals surface area (Å²) < 4.78 is 0.